The number of hydrogen-bond acceptors (Lipinski definition) is 1. The van der Waals surface area contributed by atoms with Gasteiger partial charge in [0, 0.05) is 6.54 Å². The Morgan fingerprint density at radius 2 is 2.00 bits per heavy atom. The average molecular weight is 226 g/mol. The maximum atomic E-state index is 5.78. The molecule has 0 saturated heterocycles. The van der Waals surface area contributed by atoms with Crippen LogP contribution in [0.2, 0.25) is 0 Å². The normalized spacial score (nSPS) is 11.4. The molecule has 0 fully saturated rings. The first-order valence-corrected chi connectivity index (χ1v) is 5.92. The van der Waals surface area contributed by atoms with Crippen molar-refractivity contribution in [2.24, 2.45) is 0 Å². The third kappa shape index (κ3) is 3.51. The van der Waals surface area contributed by atoms with Gasteiger partial charge in [-0.1, -0.05) is 32.0 Å². The maximum Gasteiger partial charge on any atom is 0.0738 e. The van der Waals surface area contributed by atoms with Crippen molar-refractivity contribution in [3.63, 3.8) is 0 Å². The van der Waals surface area contributed by atoms with Gasteiger partial charge in [-0.25, -0.2) is 0 Å². The second kappa shape index (κ2) is 5.53. The number of halogens is 1. The molecule has 0 saturated carbocycles. The van der Waals surface area contributed by atoms with E-state index in [4.69, 9.17) is 11.6 Å². The lowest BCUT2D eigenvalue weighted by atomic mass is 9.98. The molecule has 0 aliphatic carbocycles. The third-order valence-electron chi connectivity index (χ3n) is 2.68. The number of nitrogens with zero attached hydrogens (tertiary/aromatic N) is 1. The van der Waals surface area contributed by atoms with Crippen molar-refractivity contribution < 1.29 is 0 Å². The van der Waals surface area contributed by atoms with Crippen molar-refractivity contribution in [1.82, 2.24) is 4.90 Å². The average Bonchev–Trinajstić information content (AvgIpc) is 2.20. The smallest absolute Gasteiger partial charge is 0.0738 e. The Balaban J connectivity index is 2.90. The van der Waals surface area contributed by atoms with Crippen LogP contribution in [0.25, 0.3) is 0 Å². The first kappa shape index (κ1) is 12.5. The van der Waals surface area contributed by atoms with E-state index in [-0.39, 0.29) is 0 Å². The minimum absolute atomic E-state index is 0.575. The maximum absolute atomic E-state index is 5.78. The van der Waals surface area contributed by atoms with Crippen molar-refractivity contribution in [3.05, 3.63) is 34.9 Å². The molecule has 1 nitrogen and oxygen atoms in total. The van der Waals surface area contributed by atoms with Gasteiger partial charge in [-0.2, -0.15) is 0 Å². The SMILES string of the molecule is Cc1ccc(C(C)C)cc1CN(C)CCl. The highest BCUT2D eigenvalue weighted by molar-refractivity contribution is 6.17. The molecule has 1 aromatic rings. The molecule has 84 valence electrons. The molecule has 0 unspecified atom stereocenters. The highest BCUT2D eigenvalue weighted by atomic mass is 35.5. The van der Waals surface area contributed by atoms with Crippen LogP contribution in [-0.2, 0) is 6.54 Å². The summed E-state index contributed by atoms with van der Waals surface area (Å²) >= 11 is 5.78. The van der Waals surface area contributed by atoms with Crippen LogP contribution in [0.3, 0.4) is 0 Å². The van der Waals surface area contributed by atoms with Crippen molar-refractivity contribution in [3.8, 4) is 0 Å². The summed E-state index contributed by atoms with van der Waals surface area (Å²) in [5.74, 6) is 0.589. The van der Waals surface area contributed by atoms with Crippen LogP contribution >= 0.6 is 11.6 Å². The molecule has 0 N–H and O–H groups in total. The van der Waals surface area contributed by atoms with Crippen molar-refractivity contribution >= 4 is 11.6 Å². The summed E-state index contributed by atoms with van der Waals surface area (Å²) in [5, 5.41) is 0. The Morgan fingerprint density at radius 3 is 2.53 bits per heavy atom. The third-order valence-corrected chi connectivity index (χ3v) is 3.09. The summed E-state index contributed by atoms with van der Waals surface area (Å²) in [6, 6.07) is 7.28. The van der Waals surface area contributed by atoms with E-state index >= 15 is 0 Å². The number of rotatable bonds is 4. The lowest BCUT2D eigenvalue weighted by Crippen LogP contribution is -2.16. The van der Waals surface area contributed by atoms with Gasteiger partial charge in [0.15, 0.2) is 0 Å². The predicted molar refractivity (Wildman–Crippen MR) is 67.5 cm³/mol. The highest BCUT2D eigenvalue weighted by Gasteiger charge is 2.05. The summed E-state index contributed by atoms with van der Waals surface area (Å²) in [5.41, 5.74) is 4.12. The molecule has 0 aromatic heterocycles. The minimum atomic E-state index is 0.575. The van der Waals surface area contributed by atoms with E-state index in [1.807, 2.05) is 7.05 Å². The second-order valence-electron chi connectivity index (χ2n) is 4.47. The van der Waals surface area contributed by atoms with Crippen LogP contribution in [0.1, 0.15) is 36.5 Å². The Hall–Kier alpha value is -0.530. The zero-order valence-corrected chi connectivity index (χ0v) is 10.8. The zero-order chi connectivity index (χ0) is 11.4. The van der Waals surface area contributed by atoms with E-state index in [1.165, 1.54) is 16.7 Å². The quantitative estimate of drug-likeness (QED) is 0.557. The van der Waals surface area contributed by atoms with Gasteiger partial charge in [0.25, 0.3) is 0 Å². The highest BCUT2D eigenvalue weighted by Crippen LogP contribution is 2.19. The van der Waals surface area contributed by atoms with Crippen molar-refractivity contribution in [2.45, 2.75) is 33.2 Å². The Kier molecular flexibility index (Phi) is 4.62. The Labute approximate surface area is 98.0 Å². The Morgan fingerprint density at radius 1 is 1.33 bits per heavy atom. The van der Waals surface area contributed by atoms with E-state index in [0.717, 1.165) is 6.54 Å². The topological polar surface area (TPSA) is 3.24 Å². The molecule has 15 heavy (non-hydrogen) atoms. The lowest BCUT2D eigenvalue weighted by molar-refractivity contribution is 0.381. The van der Waals surface area contributed by atoms with Gasteiger partial charge in [-0.15, -0.1) is 11.6 Å². The summed E-state index contributed by atoms with van der Waals surface area (Å²) < 4.78 is 0. The van der Waals surface area contributed by atoms with Gasteiger partial charge in [-0.05, 0) is 36.6 Å². The van der Waals surface area contributed by atoms with Gasteiger partial charge in [-0.3, -0.25) is 4.90 Å². The monoisotopic (exact) mass is 225 g/mol. The zero-order valence-electron chi connectivity index (χ0n) is 10.0. The molecule has 1 rings (SSSR count). The van der Waals surface area contributed by atoms with Gasteiger partial charge >= 0.3 is 0 Å². The molecule has 0 aliphatic heterocycles. The fraction of sp³-hybridized carbons (Fsp3) is 0.538. The summed E-state index contributed by atoms with van der Waals surface area (Å²) in [6.45, 7) is 7.52. The lowest BCUT2D eigenvalue weighted by Gasteiger charge is -2.16. The largest absolute Gasteiger partial charge is 0.289 e. The van der Waals surface area contributed by atoms with Crippen LogP contribution in [-0.4, -0.2) is 18.0 Å². The molecule has 1 aromatic carbocycles. The molecule has 0 atom stereocenters. The summed E-state index contributed by atoms with van der Waals surface area (Å²) in [4.78, 5) is 2.11. The van der Waals surface area contributed by atoms with Crippen molar-refractivity contribution in [2.75, 3.05) is 13.1 Å². The molecule has 0 amide bonds. The number of alkyl halides is 1. The molecule has 0 aliphatic rings. The molecule has 0 spiro atoms. The van der Waals surface area contributed by atoms with Crippen LogP contribution in [0, 0.1) is 6.92 Å². The second-order valence-corrected chi connectivity index (χ2v) is 4.71. The predicted octanol–water partition coefficient (Wildman–Crippen LogP) is 3.75. The molecular weight excluding hydrogens is 206 g/mol. The van der Waals surface area contributed by atoms with Crippen LogP contribution in [0.4, 0.5) is 0 Å². The van der Waals surface area contributed by atoms with E-state index in [0.29, 0.717) is 11.9 Å². The van der Waals surface area contributed by atoms with E-state index in [9.17, 15) is 0 Å². The molecule has 0 bridgehead atoms. The number of benzene rings is 1. The standard InChI is InChI=1S/C13H20ClN/c1-10(2)12-6-5-11(3)13(7-12)8-15(4)9-14/h5-7,10H,8-9H2,1-4H3. The molecule has 0 heterocycles. The fourth-order valence-electron chi connectivity index (χ4n) is 1.55. The van der Waals surface area contributed by atoms with Gasteiger partial charge < -0.3 is 0 Å². The number of hydrogen-bond donors (Lipinski definition) is 0. The van der Waals surface area contributed by atoms with Crippen LogP contribution in [0.5, 0.6) is 0 Å². The molecule has 2 heteroatoms. The van der Waals surface area contributed by atoms with Crippen molar-refractivity contribution in [1.29, 1.82) is 0 Å². The molecule has 0 radical (unpaired) electrons. The van der Waals surface area contributed by atoms with Crippen LogP contribution < -0.4 is 0 Å². The molecular formula is C13H20ClN. The van der Waals surface area contributed by atoms with Crippen LogP contribution in [0.15, 0.2) is 18.2 Å². The van der Waals surface area contributed by atoms with Gasteiger partial charge in [0.05, 0.1) is 6.00 Å². The first-order chi connectivity index (χ1) is 7.04. The van der Waals surface area contributed by atoms with Gasteiger partial charge in [0.2, 0.25) is 0 Å². The summed E-state index contributed by atoms with van der Waals surface area (Å²) in [7, 11) is 2.04. The Bertz CT molecular complexity index is 320. The number of aryl methyl sites for hydroxylation is 1. The van der Waals surface area contributed by atoms with E-state index < -0.39 is 0 Å². The van der Waals surface area contributed by atoms with E-state index in [1.54, 1.807) is 0 Å². The first-order valence-electron chi connectivity index (χ1n) is 5.38. The summed E-state index contributed by atoms with van der Waals surface area (Å²) in [6.07, 6.45) is 0. The fourth-order valence-corrected chi connectivity index (χ4v) is 1.64. The van der Waals surface area contributed by atoms with Gasteiger partial charge in [0.1, 0.15) is 0 Å². The van der Waals surface area contributed by atoms with E-state index in [2.05, 4.69) is 43.9 Å². The minimum Gasteiger partial charge on any atom is -0.289 e.